The standard InChI is InChI=1S/C18H24N2/c1-14-13-15-9-7-8-12-17(15)20-18(14)19-16-10-5-3-2-4-6-11-16/h7-9,12-13,16H,2-6,10-11H2,1H3,(H,19,20). The van der Waals surface area contributed by atoms with Gasteiger partial charge in [0.15, 0.2) is 0 Å². The predicted molar refractivity (Wildman–Crippen MR) is 86.2 cm³/mol. The number of aryl methyl sites for hydroxylation is 1. The minimum Gasteiger partial charge on any atom is -0.367 e. The van der Waals surface area contributed by atoms with Crippen molar-refractivity contribution < 1.29 is 0 Å². The largest absolute Gasteiger partial charge is 0.367 e. The van der Waals surface area contributed by atoms with Gasteiger partial charge in [-0.05, 0) is 37.5 Å². The molecule has 0 atom stereocenters. The molecule has 2 heteroatoms. The summed E-state index contributed by atoms with van der Waals surface area (Å²) in [5, 5.41) is 4.93. The fourth-order valence-corrected chi connectivity index (χ4v) is 3.16. The lowest BCUT2D eigenvalue weighted by Crippen LogP contribution is -2.21. The molecule has 2 nitrogen and oxygen atoms in total. The molecule has 0 bridgehead atoms. The summed E-state index contributed by atoms with van der Waals surface area (Å²) in [7, 11) is 0. The topological polar surface area (TPSA) is 24.9 Å². The first-order valence-electron chi connectivity index (χ1n) is 7.96. The molecule has 3 rings (SSSR count). The van der Waals surface area contributed by atoms with Crippen LogP contribution in [0, 0.1) is 6.92 Å². The molecule has 2 aromatic rings. The van der Waals surface area contributed by atoms with Crippen LogP contribution in [0.15, 0.2) is 30.3 Å². The number of aromatic nitrogens is 1. The normalized spacial score (nSPS) is 17.6. The summed E-state index contributed by atoms with van der Waals surface area (Å²) in [5.74, 6) is 1.08. The summed E-state index contributed by atoms with van der Waals surface area (Å²) in [6.45, 7) is 2.16. The van der Waals surface area contributed by atoms with Crippen molar-refractivity contribution >= 4 is 16.7 Å². The number of fused-ring (bicyclic) bond motifs is 1. The summed E-state index contributed by atoms with van der Waals surface area (Å²) >= 11 is 0. The van der Waals surface area contributed by atoms with E-state index >= 15 is 0 Å². The molecule has 1 heterocycles. The molecule has 1 aromatic heterocycles. The van der Waals surface area contributed by atoms with Gasteiger partial charge in [-0.15, -0.1) is 0 Å². The second kappa shape index (κ2) is 6.25. The summed E-state index contributed by atoms with van der Waals surface area (Å²) in [4.78, 5) is 4.81. The second-order valence-corrected chi connectivity index (χ2v) is 6.03. The van der Waals surface area contributed by atoms with Crippen LogP contribution in [0.2, 0.25) is 0 Å². The molecule has 20 heavy (non-hydrogen) atoms. The minimum atomic E-state index is 0.600. The third kappa shape index (κ3) is 3.12. The number of nitrogens with one attached hydrogen (secondary N) is 1. The lowest BCUT2D eigenvalue weighted by Gasteiger charge is -2.22. The van der Waals surface area contributed by atoms with Crippen molar-refractivity contribution in [1.82, 2.24) is 4.98 Å². The van der Waals surface area contributed by atoms with Gasteiger partial charge in [0.1, 0.15) is 5.82 Å². The van der Waals surface area contributed by atoms with Gasteiger partial charge in [0.05, 0.1) is 5.52 Å². The molecule has 0 unspecified atom stereocenters. The van der Waals surface area contributed by atoms with Crippen LogP contribution in [-0.2, 0) is 0 Å². The van der Waals surface area contributed by atoms with E-state index in [1.165, 1.54) is 55.9 Å². The average molecular weight is 268 g/mol. The highest BCUT2D eigenvalue weighted by Gasteiger charge is 2.13. The van der Waals surface area contributed by atoms with Gasteiger partial charge in [0.25, 0.3) is 0 Å². The molecule has 1 aliphatic carbocycles. The Hall–Kier alpha value is -1.57. The van der Waals surface area contributed by atoms with Crippen LogP contribution in [0.25, 0.3) is 10.9 Å². The van der Waals surface area contributed by atoms with E-state index in [2.05, 4.69) is 42.6 Å². The van der Waals surface area contributed by atoms with Crippen molar-refractivity contribution in [3.8, 4) is 0 Å². The van der Waals surface area contributed by atoms with E-state index in [-0.39, 0.29) is 0 Å². The number of nitrogens with zero attached hydrogens (tertiary/aromatic N) is 1. The Morgan fingerprint density at radius 1 is 1.00 bits per heavy atom. The highest BCUT2D eigenvalue weighted by molar-refractivity contribution is 5.81. The average Bonchev–Trinajstić information content (AvgIpc) is 2.42. The third-order valence-electron chi connectivity index (χ3n) is 4.36. The van der Waals surface area contributed by atoms with Gasteiger partial charge in [-0.25, -0.2) is 4.98 Å². The predicted octanol–water partition coefficient (Wildman–Crippen LogP) is 5.07. The number of para-hydroxylation sites is 1. The molecule has 0 saturated heterocycles. The fourth-order valence-electron chi connectivity index (χ4n) is 3.16. The summed E-state index contributed by atoms with van der Waals surface area (Å²) < 4.78 is 0. The van der Waals surface area contributed by atoms with Gasteiger partial charge in [-0.2, -0.15) is 0 Å². The fraction of sp³-hybridized carbons (Fsp3) is 0.500. The first kappa shape index (κ1) is 13.4. The Kier molecular flexibility index (Phi) is 4.19. The Labute approximate surface area is 121 Å². The van der Waals surface area contributed by atoms with Crippen molar-refractivity contribution in [2.75, 3.05) is 5.32 Å². The Bertz CT molecular complexity index is 569. The molecule has 1 saturated carbocycles. The maximum absolute atomic E-state index is 4.81. The van der Waals surface area contributed by atoms with E-state index in [1.807, 2.05) is 0 Å². The Morgan fingerprint density at radius 2 is 1.70 bits per heavy atom. The first-order chi connectivity index (χ1) is 9.83. The molecule has 0 aliphatic heterocycles. The zero-order chi connectivity index (χ0) is 13.8. The van der Waals surface area contributed by atoms with E-state index in [4.69, 9.17) is 4.98 Å². The summed E-state index contributed by atoms with van der Waals surface area (Å²) in [6.07, 6.45) is 9.47. The van der Waals surface area contributed by atoms with Gasteiger partial charge in [-0.3, -0.25) is 0 Å². The maximum Gasteiger partial charge on any atom is 0.129 e. The third-order valence-corrected chi connectivity index (χ3v) is 4.36. The highest BCUT2D eigenvalue weighted by atomic mass is 15.0. The number of hydrogen-bond acceptors (Lipinski definition) is 2. The van der Waals surface area contributed by atoms with Crippen LogP contribution >= 0.6 is 0 Å². The minimum absolute atomic E-state index is 0.600. The van der Waals surface area contributed by atoms with Crippen LogP contribution in [0.1, 0.15) is 50.5 Å². The number of pyridine rings is 1. The summed E-state index contributed by atoms with van der Waals surface area (Å²) in [6, 6.07) is 11.2. The second-order valence-electron chi connectivity index (χ2n) is 6.03. The van der Waals surface area contributed by atoms with Crippen LogP contribution in [-0.4, -0.2) is 11.0 Å². The molecule has 106 valence electrons. The molecular weight excluding hydrogens is 244 g/mol. The van der Waals surface area contributed by atoms with Gasteiger partial charge in [-0.1, -0.05) is 50.3 Å². The Balaban J connectivity index is 1.80. The van der Waals surface area contributed by atoms with E-state index in [0.717, 1.165) is 11.3 Å². The van der Waals surface area contributed by atoms with Crippen LogP contribution in [0.4, 0.5) is 5.82 Å². The zero-order valence-electron chi connectivity index (χ0n) is 12.4. The quantitative estimate of drug-likeness (QED) is 0.822. The Morgan fingerprint density at radius 3 is 2.50 bits per heavy atom. The van der Waals surface area contributed by atoms with Crippen molar-refractivity contribution in [2.24, 2.45) is 0 Å². The maximum atomic E-state index is 4.81. The van der Waals surface area contributed by atoms with E-state index in [9.17, 15) is 0 Å². The van der Waals surface area contributed by atoms with Gasteiger partial charge < -0.3 is 5.32 Å². The number of rotatable bonds is 2. The molecule has 1 aromatic carbocycles. The van der Waals surface area contributed by atoms with Crippen molar-refractivity contribution in [1.29, 1.82) is 0 Å². The number of benzene rings is 1. The van der Waals surface area contributed by atoms with Crippen LogP contribution in [0.3, 0.4) is 0 Å². The van der Waals surface area contributed by atoms with Gasteiger partial charge in [0.2, 0.25) is 0 Å². The van der Waals surface area contributed by atoms with E-state index in [1.54, 1.807) is 0 Å². The molecule has 0 amide bonds. The number of anilines is 1. The molecular formula is C18H24N2. The smallest absolute Gasteiger partial charge is 0.129 e. The van der Waals surface area contributed by atoms with Crippen LogP contribution < -0.4 is 5.32 Å². The monoisotopic (exact) mass is 268 g/mol. The van der Waals surface area contributed by atoms with Crippen molar-refractivity contribution in [3.63, 3.8) is 0 Å². The SMILES string of the molecule is Cc1cc2ccccc2nc1NC1CCCCCCC1. The molecule has 0 spiro atoms. The van der Waals surface area contributed by atoms with Gasteiger partial charge >= 0.3 is 0 Å². The first-order valence-corrected chi connectivity index (χ1v) is 7.96. The molecule has 0 radical (unpaired) electrons. The number of hydrogen-bond donors (Lipinski definition) is 1. The van der Waals surface area contributed by atoms with Crippen molar-refractivity contribution in [2.45, 2.75) is 57.9 Å². The van der Waals surface area contributed by atoms with E-state index in [0.29, 0.717) is 6.04 Å². The molecule has 1 N–H and O–H groups in total. The molecule has 1 aliphatic rings. The van der Waals surface area contributed by atoms with E-state index < -0.39 is 0 Å². The van der Waals surface area contributed by atoms with Crippen molar-refractivity contribution in [3.05, 3.63) is 35.9 Å². The van der Waals surface area contributed by atoms with Crippen LogP contribution in [0.5, 0.6) is 0 Å². The lowest BCUT2D eigenvalue weighted by atomic mass is 9.96. The van der Waals surface area contributed by atoms with Gasteiger partial charge in [0, 0.05) is 11.4 Å². The molecule has 1 fully saturated rings. The summed E-state index contributed by atoms with van der Waals surface area (Å²) in [5.41, 5.74) is 2.34. The highest BCUT2D eigenvalue weighted by Crippen LogP contribution is 2.24. The zero-order valence-corrected chi connectivity index (χ0v) is 12.4. The lowest BCUT2D eigenvalue weighted by molar-refractivity contribution is 0.470.